The topological polar surface area (TPSA) is 63.8 Å². The summed E-state index contributed by atoms with van der Waals surface area (Å²) in [5, 5.41) is 2.96. The first kappa shape index (κ1) is 10.6. The van der Waals surface area contributed by atoms with E-state index >= 15 is 0 Å². The lowest BCUT2D eigenvalue weighted by Gasteiger charge is -2.04. The van der Waals surface area contributed by atoms with Crippen molar-refractivity contribution in [1.82, 2.24) is 15.3 Å². The van der Waals surface area contributed by atoms with E-state index in [0.29, 0.717) is 6.54 Å². The standard InChI is InChI=1S/C12H14N4/c1-14-7-9(6-13)12-8-15-10-4-2-3-5-11(10)16-12/h2-5,7-8,14H,6,13H2,1H3/b9-7+. The molecule has 0 atom stereocenters. The van der Waals surface area contributed by atoms with E-state index in [1.165, 1.54) is 0 Å². The van der Waals surface area contributed by atoms with E-state index in [4.69, 9.17) is 5.73 Å². The second kappa shape index (κ2) is 4.72. The molecule has 0 amide bonds. The molecule has 0 radical (unpaired) electrons. The summed E-state index contributed by atoms with van der Waals surface area (Å²) < 4.78 is 0. The fourth-order valence-corrected chi connectivity index (χ4v) is 1.52. The third-order valence-electron chi connectivity index (χ3n) is 2.32. The Balaban J connectivity index is 2.50. The fraction of sp³-hybridized carbons (Fsp3) is 0.167. The Morgan fingerprint density at radius 2 is 2.12 bits per heavy atom. The first-order chi connectivity index (χ1) is 7.85. The molecule has 1 heterocycles. The van der Waals surface area contributed by atoms with Crippen LogP contribution in [0.4, 0.5) is 0 Å². The maximum Gasteiger partial charge on any atom is 0.0894 e. The summed E-state index contributed by atoms with van der Waals surface area (Å²) in [7, 11) is 1.84. The highest BCUT2D eigenvalue weighted by atomic mass is 14.8. The highest BCUT2D eigenvalue weighted by Crippen LogP contribution is 2.13. The molecule has 0 spiro atoms. The Morgan fingerprint density at radius 3 is 2.81 bits per heavy atom. The Hall–Kier alpha value is -1.94. The normalized spacial score (nSPS) is 11.8. The number of nitrogens with two attached hydrogens (primary N) is 1. The number of fused-ring (bicyclic) bond motifs is 1. The van der Waals surface area contributed by atoms with E-state index in [-0.39, 0.29) is 0 Å². The number of nitrogens with zero attached hydrogens (tertiary/aromatic N) is 2. The van der Waals surface area contributed by atoms with Gasteiger partial charge >= 0.3 is 0 Å². The lowest BCUT2D eigenvalue weighted by Crippen LogP contribution is -2.08. The van der Waals surface area contributed by atoms with Crippen molar-refractivity contribution in [3.05, 3.63) is 42.4 Å². The Bertz CT molecular complexity index is 519. The van der Waals surface area contributed by atoms with Crippen molar-refractivity contribution in [1.29, 1.82) is 0 Å². The smallest absolute Gasteiger partial charge is 0.0894 e. The quantitative estimate of drug-likeness (QED) is 0.804. The van der Waals surface area contributed by atoms with Gasteiger partial charge in [0.15, 0.2) is 0 Å². The van der Waals surface area contributed by atoms with Gasteiger partial charge in [0.1, 0.15) is 0 Å². The largest absolute Gasteiger partial charge is 0.394 e. The predicted octanol–water partition coefficient (Wildman–Crippen LogP) is 1.15. The zero-order chi connectivity index (χ0) is 11.4. The molecule has 82 valence electrons. The van der Waals surface area contributed by atoms with Crippen LogP contribution in [0.3, 0.4) is 0 Å². The first-order valence-corrected chi connectivity index (χ1v) is 5.13. The summed E-state index contributed by atoms with van der Waals surface area (Å²) in [6, 6.07) is 7.78. The van der Waals surface area contributed by atoms with Crippen LogP contribution in [-0.2, 0) is 0 Å². The van der Waals surface area contributed by atoms with E-state index in [0.717, 1.165) is 22.3 Å². The molecule has 0 fully saturated rings. The molecular formula is C12H14N4. The van der Waals surface area contributed by atoms with E-state index in [2.05, 4.69) is 15.3 Å². The number of rotatable bonds is 3. The van der Waals surface area contributed by atoms with Gasteiger partial charge < -0.3 is 11.1 Å². The minimum atomic E-state index is 0.438. The maximum absolute atomic E-state index is 5.66. The minimum Gasteiger partial charge on any atom is -0.394 e. The summed E-state index contributed by atoms with van der Waals surface area (Å²) >= 11 is 0. The average molecular weight is 214 g/mol. The third kappa shape index (κ3) is 2.01. The monoisotopic (exact) mass is 214 g/mol. The predicted molar refractivity (Wildman–Crippen MR) is 65.6 cm³/mol. The zero-order valence-corrected chi connectivity index (χ0v) is 9.14. The van der Waals surface area contributed by atoms with Crippen LogP contribution in [-0.4, -0.2) is 23.6 Å². The van der Waals surface area contributed by atoms with Gasteiger partial charge in [-0.05, 0) is 12.1 Å². The molecule has 0 saturated carbocycles. The zero-order valence-electron chi connectivity index (χ0n) is 9.14. The molecule has 3 N–H and O–H groups in total. The van der Waals surface area contributed by atoms with Gasteiger partial charge in [0, 0.05) is 25.4 Å². The molecule has 16 heavy (non-hydrogen) atoms. The van der Waals surface area contributed by atoms with Crippen molar-refractivity contribution in [2.45, 2.75) is 0 Å². The molecule has 0 aliphatic carbocycles. The Morgan fingerprint density at radius 1 is 1.38 bits per heavy atom. The van der Waals surface area contributed by atoms with Gasteiger partial charge in [-0.15, -0.1) is 0 Å². The van der Waals surface area contributed by atoms with Crippen molar-refractivity contribution < 1.29 is 0 Å². The van der Waals surface area contributed by atoms with Crippen molar-refractivity contribution in [2.24, 2.45) is 5.73 Å². The molecular weight excluding hydrogens is 200 g/mol. The molecule has 0 aliphatic heterocycles. The van der Waals surface area contributed by atoms with E-state index in [9.17, 15) is 0 Å². The number of aromatic nitrogens is 2. The second-order valence-electron chi connectivity index (χ2n) is 3.41. The van der Waals surface area contributed by atoms with Crippen LogP contribution in [0.5, 0.6) is 0 Å². The van der Waals surface area contributed by atoms with Crippen molar-refractivity contribution >= 4 is 16.6 Å². The van der Waals surface area contributed by atoms with E-state index in [1.54, 1.807) is 6.20 Å². The van der Waals surface area contributed by atoms with Crippen LogP contribution in [0, 0.1) is 0 Å². The van der Waals surface area contributed by atoms with Crippen LogP contribution < -0.4 is 11.1 Å². The molecule has 2 rings (SSSR count). The SMILES string of the molecule is CN/C=C(\CN)c1cnc2ccccc2n1. The minimum absolute atomic E-state index is 0.438. The van der Waals surface area contributed by atoms with Gasteiger partial charge in [-0.2, -0.15) is 0 Å². The van der Waals surface area contributed by atoms with Gasteiger partial charge in [0.05, 0.1) is 22.9 Å². The van der Waals surface area contributed by atoms with Gasteiger partial charge in [-0.1, -0.05) is 12.1 Å². The summed E-state index contributed by atoms with van der Waals surface area (Å²) in [4.78, 5) is 8.86. The molecule has 4 nitrogen and oxygen atoms in total. The summed E-state index contributed by atoms with van der Waals surface area (Å²) in [5.41, 5.74) is 9.20. The lowest BCUT2D eigenvalue weighted by atomic mass is 10.2. The van der Waals surface area contributed by atoms with Crippen LogP contribution in [0.2, 0.25) is 0 Å². The lowest BCUT2D eigenvalue weighted by molar-refractivity contribution is 1.08. The summed E-state index contributed by atoms with van der Waals surface area (Å²) in [6.07, 6.45) is 3.59. The van der Waals surface area contributed by atoms with Gasteiger partial charge in [0.25, 0.3) is 0 Å². The van der Waals surface area contributed by atoms with E-state index < -0.39 is 0 Å². The molecule has 1 aromatic carbocycles. The van der Waals surface area contributed by atoms with Gasteiger partial charge in [-0.25, -0.2) is 4.98 Å². The Labute approximate surface area is 94.2 Å². The number of nitrogens with one attached hydrogen (secondary N) is 1. The molecule has 0 saturated heterocycles. The maximum atomic E-state index is 5.66. The molecule has 1 aromatic heterocycles. The second-order valence-corrected chi connectivity index (χ2v) is 3.41. The van der Waals surface area contributed by atoms with Crippen molar-refractivity contribution in [3.63, 3.8) is 0 Å². The molecule has 0 unspecified atom stereocenters. The number of hydrogen-bond donors (Lipinski definition) is 2. The highest BCUT2D eigenvalue weighted by Gasteiger charge is 2.03. The number of benzene rings is 1. The molecule has 2 aromatic rings. The molecule has 0 bridgehead atoms. The van der Waals surface area contributed by atoms with Gasteiger partial charge in [0.2, 0.25) is 0 Å². The van der Waals surface area contributed by atoms with Gasteiger partial charge in [-0.3, -0.25) is 4.98 Å². The van der Waals surface area contributed by atoms with E-state index in [1.807, 2.05) is 37.5 Å². The van der Waals surface area contributed by atoms with Crippen LogP contribution >= 0.6 is 0 Å². The number of para-hydroxylation sites is 2. The Kier molecular flexibility index (Phi) is 3.12. The van der Waals surface area contributed by atoms with Crippen molar-refractivity contribution in [2.75, 3.05) is 13.6 Å². The molecule has 0 aliphatic rings. The van der Waals surface area contributed by atoms with Crippen LogP contribution in [0.15, 0.2) is 36.7 Å². The summed E-state index contributed by atoms with van der Waals surface area (Å²) in [6.45, 7) is 0.438. The average Bonchev–Trinajstić information content (AvgIpc) is 2.35. The van der Waals surface area contributed by atoms with Crippen LogP contribution in [0.25, 0.3) is 16.6 Å². The first-order valence-electron chi connectivity index (χ1n) is 5.13. The van der Waals surface area contributed by atoms with Crippen LogP contribution in [0.1, 0.15) is 5.69 Å². The fourth-order valence-electron chi connectivity index (χ4n) is 1.52. The van der Waals surface area contributed by atoms with Crippen molar-refractivity contribution in [3.8, 4) is 0 Å². The molecule has 4 heteroatoms. The number of hydrogen-bond acceptors (Lipinski definition) is 4. The summed E-state index contributed by atoms with van der Waals surface area (Å²) in [5.74, 6) is 0. The highest BCUT2D eigenvalue weighted by molar-refractivity contribution is 5.76. The third-order valence-corrected chi connectivity index (χ3v) is 2.32.